The van der Waals surface area contributed by atoms with Gasteiger partial charge in [0.2, 0.25) is 0 Å². The van der Waals surface area contributed by atoms with Gasteiger partial charge in [-0.3, -0.25) is 9.69 Å². The fraction of sp³-hybridized carbons (Fsp3) is 0.571. The van der Waals surface area contributed by atoms with E-state index in [1.807, 2.05) is 11.9 Å². The van der Waals surface area contributed by atoms with E-state index < -0.39 is 0 Å². The summed E-state index contributed by atoms with van der Waals surface area (Å²) in [6.07, 6.45) is 4.14. The van der Waals surface area contributed by atoms with Crippen LogP contribution in [-0.2, 0) is 11.3 Å². The fourth-order valence-corrected chi connectivity index (χ4v) is 2.62. The van der Waals surface area contributed by atoms with Gasteiger partial charge < -0.3 is 15.5 Å². The van der Waals surface area contributed by atoms with Gasteiger partial charge in [0.1, 0.15) is 5.82 Å². The predicted molar refractivity (Wildman–Crippen MR) is 95.4 cm³/mol. The highest BCUT2D eigenvalue weighted by atomic mass is 127. The first-order valence-electron chi connectivity index (χ1n) is 7.43. The van der Waals surface area contributed by atoms with Gasteiger partial charge in [-0.1, -0.05) is 0 Å². The van der Waals surface area contributed by atoms with Crippen molar-refractivity contribution in [1.29, 1.82) is 0 Å². The largest absolute Gasteiger partial charge is 0.365 e. The van der Waals surface area contributed by atoms with E-state index in [2.05, 4.69) is 14.9 Å². The van der Waals surface area contributed by atoms with Crippen LogP contribution in [0.2, 0.25) is 0 Å². The summed E-state index contributed by atoms with van der Waals surface area (Å²) in [4.78, 5) is 36.7. The van der Waals surface area contributed by atoms with Crippen molar-refractivity contribution >= 4 is 38.1 Å². The fourth-order valence-electron chi connectivity index (χ4n) is 2.38. The summed E-state index contributed by atoms with van der Waals surface area (Å²) in [5, 5.41) is 0. The SMILES string of the molecule is CN(CCC(=O)I)Cc1ncc(N2CCN(C(N)=O)CC2)cn1. The van der Waals surface area contributed by atoms with Gasteiger partial charge in [-0.05, 0) is 29.6 Å². The molecular formula is C14H21IN6O2. The van der Waals surface area contributed by atoms with E-state index in [9.17, 15) is 9.59 Å². The van der Waals surface area contributed by atoms with Crippen molar-refractivity contribution in [3.63, 3.8) is 0 Å². The lowest BCUT2D eigenvalue weighted by Gasteiger charge is -2.34. The summed E-state index contributed by atoms with van der Waals surface area (Å²) in [5.74, 6) is 0.730. The molecule has 0 bridgehead atoms. The maximum absolute atomic E-state index is 11.1. The smallest absolute Gasteiger partial charge is 0.314 e. The first-order chi connectivity index (χ1) is 11.0. The first-order valence-corrected chi connectivity index (χ1v) is 8.50. The van der Waals surface area contributed by atoms with E-state index in [1.54, 1.807) is 39.9 Å². The molecule has 2 N–H and O–H groups in total. The Morgan fingerprint density at radius 1 is 1.26 bits per heavy atom. The van der Waals surface area contributed by atoms with Gasteiger partial charge in [-0.25, -0.2) is 14.8 Å². The number of rotatable bonds is 6. The molecule has 9 heteroatoms. The summed E-state index contributed by atoms with van der Waals surface area (Å²) >= 11 is 1.81. The molecule has 2 heterocycles. The number of primary amides is 1. The molecule has 23 heavy (non-hydrogen) atoms. The third kappa shape index (κ3) is 5.57. The number of nitrogens with zero attached hydrogens (tertiary/aromatic N) is 5. The van der Waals surface area contributed by atoms with E-state index in [4.69, 9.17) is 5.73 Å². The number of carbonyl (C=O) groups is 2. The van der Waals surface area contributed by atoms with Gasteiger partial charge >= 0.3 is 6.03 Å². The summed E-state index contributed by atoms with van der Waals surface area (Å²) in [6.45, 7) is 3.99. The second-order valence-electron chi connectivity index (χ2n) is 5.51. The molecule has 1 saturated heterocycles. The van der Waals surface area contributed by atoms with Crippen LogP contribution in [0.15, 0.2) is 12.4 Å². The topological polar surface area (TPSA) is 95.7 Å². The zero-order valence-corrected chi connectivity index (χ0v) is 15.3. The predicted octanol–water partition coefficient (Wildman–Crippen LogP) is 0.461. The third-order valence-corrected chi connectivity index (χ3v) is 4.29. The lowest BCUT2D eigenvalue weighted by molar-refractivity contribution is -0.109. The molecule has 0 aliphatic carbocycles. The number of piperazine rings is 1. The van der Waals surface area contributed by atoms with E-state index in [0.29, 0.717) is 32.6 Å². The minimum Gasteiger partial charge on any atom is -0.365 e. The average molecular weight is 432 g/mol. The number of urea groups is 1. The lowest BCUT2D eigenvalue weighted by Crippen LogP contribution is -2.50. The normalized spacial score (nSPS) is 15.1. The van der Waals surface area contributed by atoms with E-state index in [1.165, 1.54) is 0 Å². The molecular weight excluding hydrogens is 411 g/mol. The van der Waals surface area contributed by atoms with Crippen molar-refractivity contribution in [3.05, 3.63) is 18.2 Å². The van der Waals surface area contributed by atoms with Crippen molar-refractivity contribution in [1.82, 2.24) is 19.8 Å². The molecule has 0 saturated carbocycles. The van der Waals surface area contributed by atoms with Crippen LogP contribution in [0.4, 0.5) is 10.5 Å². The number of carbonyl (C=O) groups excluding carboxylic acids is 2. The second-order valence-corrected chi connectivity index (χ2v) is 6.72. The van der Waals surface area contributed by atoms with Crippen LogP contribution in [0.25, 0.3) is 0 Å². The Kier molecular flexibility index (Phi) is 6.51. The number of nitrogens with two attached hydrogens (primary N) is 1. The van der Waals surface area contributed by atoms with Gasteiger partial charge in [0.05, 0.1) is 24.6 Å². The molecule has 1 aromatic rings. The quantitative estimate of drug-likeness (QED) is 0.519. The molecule has 0 radical (unpaired) electrons. The van der Waals surface area contributed by atoms with E-state index in [0.717, 1.165) is 24.6 Å². The third-order valence-electron chi connectivity index (χ3n) is 3.75. The van der Waals surface area contributed by atoms with Gasteiger partial charge in [-0.2, -0.15) is 0 Å². The Morgan fingerprint density at radius 2 is 1.87 bits per heavy atom. The lowest BCUT2D eigenvalue weighted by atomic mass is 10.3. The number of halogens is 1. The molecule has 0 unspecified atom stereocenters. The van der Waals surface area contributed by atoms with Crippen LogP contribution in [0.3, 0.4) is 0 Å². The Bertz CT molecular complexity index is 545. The Hall–Kier alpha value is -1.49. The van der Waals surface area contributed by atoms with Crippen LogP contribution >= 0.6 is 22.6 Å². The number of amides is 2. The molecule has 2 amide bonds. The maximum atomic E-state index is 11.1. The second kappa shape index (κ2) is 8.39. The molecule has 2 rings (SSSR count). The number of hydrogen-bond acceptors (Lipinski definition) is 6. The molecule has 0 atom stereocenters. The highest BCUT2D eigenvalue weighted by Gasteiger charge is 2.19. The van der Waals surface area contributed by atoms with Crippen molar-refractivity contribution in [3.8, 4) is 0 Å². The molecule has 1 fully saturated rings. The van der Waals surface area contributed by atoms with Crippen LogP contribution in [0.5, 0.6) is 0 Å². The van der Waals surface area contributed by atoms with Gasteiger partial charge in [0.25, 0.3) is 0 Å². The van der Waals surface area contributed by atoms with Crippen molar-refractivity contribution < 1.29 is 9.59 Å². The summed E-state index contributed by atoms with van der Waals surface area (Å²) in [6, 6.07) is -0.371. The summed E-state index contributed by atoms with van der Waals surface area (Å²) < 4.78 is 0.154. The zero-order valence-electron chi connectivity index (χ0n) is 13.1. The van der Waals surface area contributed by atoms with Gasteiger partial charge in [0.15, 0.2) is 3.79 Å². The molecule has 8 nitrogen and oxygen atoms in total. The Labute approximate surface area is 149 Å². The maximum Gasteiger partial charge on any atom is 0.314 e. The van der Waals surface area contributed by atoms with Gasteiger partial charge in [0, 0.05) is 39.1 Å². The molecule has 1 aliphatic rings. The molecule has 1 aliphatic heterocycles. The number of anilines is 1. The zero-order chi connectivity index (χ0) is 16.8. The monoisotopic (exact) mass is 432 g/mol. The number of aromatic nitrogens is 2. The van der Waals surface area contributed by atoms with E-state index >= 15 is 0 Å². The summed E-state index contributed by atoms with van der Waals surface area (Å²) in [7, 11) is 1.94. The molecule has 1 aromatic heterocycles. The molecule has 126 valence electrons. The van der Waals surface area contributed by atoms with Crippen molar-refractivity contribution in [2.45, 2.75) is 13.0 Å². The summed E-state index contributed by atoms with van der Waals surface area (Å²) in [5.41, 5.74) is 6.23. The van der Waals surface area contributed by atoms with Crippen molar-refractivity contribution in [2.24, 2.45) is 5.73 Å². The standard InChI is InChI=1S/C14H21IN6O2/c1-19(3-2-12(15)22)10-13-17-8-11(9-18-13)20-4-6-21(7-5-20)14(16)23/h8-9H,2-7,10H2,1H3,(H2,16,23). The molecule has 0 aromatic carbocycles. The van der Waals surface area contributed by atoms with Crippen LogP contribution < -0.4 is 10.6 Å². The Balaban J connectivity index is 1.85. The highest BCUT2D eigenvalue weighted by Crippen LogP contribution is 2.14. The minimum atomic E-state index is -0.371. The minimum absolute atomic E-state index is 0.154. The van der Waals surface area contributed by atoms with Crippen molar-refractivity contribution in [2.75, 3.05) is 44.7 Å². The van der Waals surface area contributed by atoms with Crippen LogP contribution in [-0.4, -0.2) is 69.4 Å². The van der Waals surface area contributed by atoms with Crippen LogP contribution in [0, 0.1) is 0 Å². The molecule has 0 spiro atoms. The average Bonchev–Trinajstić information content (AvgIpc) is 2.54. The highest BCUT2D eigenvalue weighted by molar-refractivity contribution is 14.1. The van der Waals surface area contributed by atoms with Crippen LogP contribution in [0.1, 0.15) is 12.2 Å². The number of hydrogen-bond donors (Lipinski definition) is 1. The van der Waals surface area contributed by atoms with E-state index in [-0.39, 0.29) is 9.82 Å². The first kappa shape index (κ1) is 17.9. The van der Waals surface area contributed by atoms with Gasteiger partial charge in [-0.15, -0.1) is 0 Å². The Morgan fingerprint density at radius 3 is 2.39 bits per heavy atom.